The Morgan fingerprint density at radius 2 is 2.14 bits per heavy atom. The number of carbonyl (C=O) groups excluding carboxylic acids is 2. The highest BCUT2D eigenvalue weighted by molar-refractivity contribution is 9.10. The molecule has 0 fully saturated rings. The first kappa shape index (κ1) is 15.9. The molecule has 1 heterocycles. The SMILES string of the molecule is C=C(CNCCC)CN1C(=O)C(=O)c2cc(Br)c(F)cc21. The van der Waals surface area contributed by atoms with E-state index >= 15 is 0 Å². The third kappa shape index (κ3) is 3.22. The fraction of sp³-hybridized carbons (Fsp3) is 0.333. The van der Waals surface area contributed by atoms with E-state index in [1.807, 2.05) is 0 Å². The molecular weight excluding hydrogens is 339 g/mol. The van der Waals surface area contributed by atoms with Crippen molar-refractivity contribution in [3.8, 4) is 0 Å². The van der Waals surface area contributed by atoms with Crippen LogP contribution in [0.2, 0.25) is 0 Å². The molecule has 1 amide bonds. The molecule has 0 bridgehead atoms. The zero-order valence-corrected chi connectivity index (χ0v) is 13.3. The van der Waals surface area contributed by atoms with Gasteiger partial charge in [0.15, 0.2) is 0 Å². The molecule has 4 nitrogen and oxygen atoms in total. The maximum Gasteiger partial charge on any atom is 0.299 e. The number of Topliss-reactive ketones (excluding diaryl/α,β-unsaturated/α-hetero) is 1. The number of benzene rings is 1. The van der Waals surface area contributed by atoms with Gasteiger partial charge in [-0.3, -0.25) is 9.59 Å². The first-order chi connectivity index (χ1) is 9.95. The van der Waals surface area contributed by atoms with Crippen molar-refractivity contribution in [2.24, 2.45) is 0 Å². The predicted octanol–water partition coefficient (Wildman–Crippen LogP) is 2.67. The number of hydrogen-bond acceptors (Lipinski definition) is 3. The molecule has 0 radical (unpaired) electrons. The smallest absolute Gasteiger partial charge is 0.299 e. The first-order valence-electron chi connectivity index (χ1n) is 6.68. The van der Waals surface area contributed by atoms with Gasteiger partial charge in [-0.25, -0.2) is 4.39 Å². The number of amides is 1. The fourth-order valence-electron chi connectivity index (χ4n) is 2.17. The van der Waals surface area contributed by atoms with E-state index in [0.717, 1.165) is 18.5 Å². The van der Waals surface area contributed by atoms with Crippen molar-refractivity contribution in [1.29, 1.82) is 0 Å². The number of halogens is 2. The molecule has 1 aromatic carbocycles. The second-order valence-corrected chi connectivity index (χ2v) is 5.79. The van der Waals surface area contributed by atoms with Crippen LogP contribution >= 0.6 is 15.9 Å². The van der Waals surface area contributed by atoms with Crippen molar-refractivity contribution in [3.63, 3.8) is 0 Å². The number of fused-ring (bicyclic) bond motifs is 1. The third-order valence-corrected chi connectivity index (χ3v) is 3.80. The summed E-state index contributed by atoms with van der Waals surface area (Å²) >= 11 is 3.02. The van der Waals surface area contributed by atoms with E-state index in [1.54, 1.807) is 0 Å². The van der Waals surface area contributed by atoms with Crippen LogP contribution < -0.4 is 10.2 Å². The second kappa shape index (κ2) is 6.49. The van der Waals surface area contributed by atoms with E-state index < -0.39 is 17.5 Å². The molecule has 0 unspecified atom stereocenters. The van der Waals surface area contributed by atoms with E-state index in [0.29, 0.717) is 12.2 Å². The van der Waals surface area contributed by atoms with Gasteiger partial charge in [0.05, 0.1) is 15.7 Å². The van der Waals surface area contributed by atoms with Crippen LogP contribution in [0.3, 0.4) is 0 Å². The van der Waals surface area contributed by atoms with Crippen LogP contribution in [0.4, 0.5) is 10.1 Å². The Kier molecular flexibility index (Phi) is 4.90. The van der Waals surface area contributed by atoms with Crippen LogP contribution in [0.1, 0.15) is 23.7 Å². The van der Waals surface area contributed by atoms with Crippen LogP contribution in [0.5, 0.6) is 0 Å². The number of nitrogens with one attached hydrogen (secondary N) is 1. The molecule has 1 aliphatic heterocycles. The second-order valence-electron chi connectivity index (χ2n) is 4.93. The zero-order valence-electron chi connectivity index (χ0n) is 11.7. The van der Waals surface area contributed by atoms with Crippen molar-refractivity contribution in [3.05, 3.63) is 40.1 Å². The van der Waals surface area contributed by atoms with E-state index in [9.17, 15) is 14.0 Å². The lowest BCUT2D eigenvalue weighted by Crippen LogP contribution is -2.33. The molecule has 112 valence electrons. The van der Waals surface area contributed by atoms with Gasteiger partial charge in [-0.15, -0.1) is 0 Å². The van der Waals surface area contributed by atoms with Crippen LogP contribution in [-0.2, 0) is 4.79 Å². The molecule has 1 aromatic rings. The normalized spacial score (nSPS) is 13.8. The summed E-state index contributed by atoms with van der Waals surface area (Å²) in [5, 5.41) is 3.18. The quantitative estimate of drug-likeness (QED) is 0.485. The summed E-state index contributed by atoms with van der Waals surface area (Å²) in [6.07, 6.45) is 0.997. The maximum absolute atomic E-state index is 13.7. The third-order valence-electron chi connectivity index (χ3n) is 3.20. The molecule has 0 spiro atoms. The van der Waals surface area contributed by atoms with Gasteiger partial charge in [-0.1, -0.05) is 13.5 Å². The predicted molar refractivity (Wildman–Crippen MR) is 83.1 cm³/mol. The van der Waals surface area contributed by atoms with Gasteiger partial charge in [0.25, 0.3) is 11.7 Å². The van der Waals surface area contributed by atoms with Gasteiger partial charge < -0.3 is 10.2 Å². The van der Waals surface area contributed by atoms with Crippen LogP contribution in [0, 0.1) is 5.82 Å². The summed E-state index contributed by atoms with van der Waals surface area (Å²) in [7, 11) is 0. The summed E-state index contributed by atoms with van der Waals surface area (Å²) in [4.78, 5) is 25.2. The molecule has 0 saturated heterocycles. The standard InChI is InChI=1S/C15H16BrFN2O2/c1-3-4-18-7-9(2)8-19-13-6-12(17)11(16)5-10(13)14(20)15(19)21/h5-6,18H,2-4,7-8H2,1H3. The minimum absolute atomic E-state index is 0.174. The van der Waals surface area contributed by atoms with Gasteiger partial charge in [0.2, 0.25) is 0 Å². The molecule has 21 heavy (non-hydrogen) atoms. The lowest BCUT2D eigenvalue weighted by atomic mass is 10.1. The molecule has 0 atom stereocenters. The van der Waals surface area contributed by atoms with E-state index in [4.69, 9.17) is 0 Å². The van der Waals surface area contributed by atoms with Gasteiger partial charge >= 0.3 is 0 Å². The minimum atomic E-state index is -0.640. The number of carbonyl (C=O) groups is 2. The van der Waals surface area contributed by atoms with E-state index in [-0.39, 0.29) is 16.6 Å². The van der Waals surface area contributed by atoms with Crippen molar-refractivity contribution in [2.75, 3.05) is 24.5 Å². The van der Waals surface area contributed by atoms with Crippen molar-refractivity contribution >= 4 is 33.3 Å². The van der Waals surface area contributed by atoms with Crippen LogP contribution in [-0.4, -0.2) is 31.3 Å². The summed E-state index contributed by atoms with van der Waals surface area (Å²) in [5.74, 6) is -1.75. The van der Waals surface area contributed by atoms with Gasteiger partial charge in [0.1, 0.15) is 5.82 Å². The molecular formula is C15H16BrFN2O2. The van der Waals surface area contributed by atoms with E-state index in [2.05, 4.69) is 34.7 Å². The number of ketones is 1. The number of rotatable bonds is 6. The van der Waals surface area contributed by atoms with Gasteiger partial charge in [-0.05, 0) is 46.6 Å². The van der Waals surface area contributed by atoms with Crippen molar-refractivity contribution in [2.45, 2.75) is 13.3 Å². The van der Waals surface area contributed by atoms with Crippen LogP contribution in [0.15, 0.2) is 28.8 Å². The van der Waals surface area contributed by atoms with Gasteiger partial charge in [-0.2, -0.15) is 0 Å². The monoisotopic (exact) mass is 354 g/mol. The minimum Gasteiger partial charge on any atom is -0.313 e. The highest BCUT2D eigenvalue weighted by Crippen LogP contribution is 2.33. The Morgan fingerprint density at radius 3 is 2.81 bits per heavy atom. The highest BCUT2D eigenvalue weighted by atomic mass is 79.9. The number of hydrogen-bond donors (Lipinski definition) is 1. The van der Waals surface area contributed by atoms with Crippen LogP contribution in [0.25, 0.3) is 0 Å². The van der Waals surface area contributed by atoms with Crippen molar-refractivity contribution < 1.29 is 14.0 Å². The molecule has 0 saturated carbocycles. The highest BCUT2D eigenvalue weighted by Gasteiger charge is 2.36. The molecule has 0 aliphatic carbocycles. The largest absolute Gasteiger partial charge is 0.313 e. The van der Waals surface area contributed by atoms with Crippen molar-refractivity contribution in [1.82, 2.24) is 5.32 Å². The summed E-state index contributed by atoms with van der Waals surface area (Å²) in [6.45, 7) is 7.55. The lowest BCUT2D eigenvalue weighted by molar-refractivity contribution is -0.114. The maximum atomic E-state index is 13.7. The Balaban J connectivity index is 2.19. The summed E-state index contributed by atoms with van der Waals surface area (Å²) in [6, 6.07) is 2.55. The topological polar surface area (TPSA) is 49.4 Å². The Hall–Kier alpha value is -1.53. The molecule has 1 aliphatic rings. The first-order valence-corrected chi connectivity index (χ1v) is 7.47. The lowest BCUT2D eigenvalue weighted by Gasteiger charge is -2.18. The van der Waals surface area contributed by atoms with Gasteiger partial charge in [0, 0.05) is 13.1 Å². The zero-order chi connectivity index (χ0) is 15.6. The molecule has 0 aromatic heterocycles. The Bertz CT molecular complexity index is 616. The number of nitrogens with zero attached hydrogens (tertiary/aromatic N) is 1. The molecule has 2 rings (SSSR count). The summed E-state index contributed by atoms with van der Waals surface area (Å²) in [5.41, 5.74) is 1.30. The number of anilines is 1. The average Bonchev–Trinajstić information content (AvgIpc) is 2.65. The fourth-order valence-corrected chi connectivity index (χ4v) is 2.51. The van der Waals surface area contributed by atoms with E-state index in [1.165, 1.54) is 17.0 Å². The Morgan fingerprint density at radius 1 is 1.43 bits per heavy atom. The molecule has 1 N–H and O–H groups in total. The average molecular weight is 355 g/mol. The Labute approximate surface area is 131 Å². The summed E-state index contributed by atoms with van der Waals surface area (Å²) < 4.78 is 13.8. The molecule has 6 heteroatoms.